The number of sulfonamides is 1. The van der Waals surface area contributed by atoms with Gasteiger partial charge >= 0.3 is 0 Å². The van der Waals surface area contributed by atoms with Gasteiger partial charge in [0.25, 0.3) is 5.91 Å². The van der Waals surface area contributed by atoms with Crippen LogP contribution in [0.15, 0.2) is 18.2 Å². The van der Waals surface area contributed by atoms with Crippen LogP contribution in [0.5, 0.6) is 5.75 Å². The minimum atomic E-state index is -3.38. The fraction of sp³-hybridized carbons (Fsp3) is 0.650. The normalized spacial score (nSPS) is 30.6. The van der Waals surface area contributed by atoms with Crippen LogP contribution in [0.1, 0.15) is 43.6 Å². The van der Waals surface area contributed by atoms with Crippen molar-refractivity contribution in [3.05, 3.63) is 28.8 Å². The number of ether oxygens (including phenoxy) is 2. The Hall–Kier alpha value is -1.35. The smallest absolute Gasteiger partial charge is 0.260 e. The van der Waals surface area contributed by atoms with Gasteiger partial charge in [0.1, 0.15) is 5.75 Å². The number of rotatable bonds is 2. The molecule has 3 heterocycles. The molecule has 2 bridgehead atoms. The fourth-order valence-corrected chi connectivity index (χ4v) is 5.94. The lowest BCUT2D eigenvalue weighted by Gasteiger charge is -2.32. The largest absolute Gasteiger partial charge is 0.483 e. The SMILES string of the molecule is CS(=O)(=O)NC1CCN2C(=O)COc3cccc(Cl)c3C3CCC(CC3)OCC12. The number of halogens is 1. The molecule has 5 rings (SSSR count). The molecular formula is C20H27ClN2O5S. The van der Waals surface area contributed by atoms with Crippen molar-refractivity contribution in [2.24, 2.45) is 0 Å². The minimum absolute atomic E-state index is 0.106. The quantitative estimate of drug-likeness (QED) is 0.759. The summed E-state index contributed by atoms with van der Waals surface area (Å²) in [5, 5.41) is 0.672. The van der Waals surface area contributed by atoms with E-state index in [4.69, 9.17) is 21.1 Å². The molecule has 1 amide bonds. The second kappa shape index (κ2) is 8.41. The van der Waals surface area contributed by atoms with Crippen LogP contribution in [-0.4, -0.2) is 63.4 Å². The molecule has 0 radical (unpaired) electrons. The molecule has 160 valence electrons. The number of fused-ring (bicyclic) bond motifs is 5. The Kier molecular flexibility index (Phi) is 6.06. The summed E-state index contributed by atoms with van der Waals surface area (Å²) in [5.41, 5.74) is 0.981. The van der Waals surface area contributed by atoms with Crippen molar-refractivity contribution in [3.8, 4) is 5.75 Å². The lowest BCUT2D eigenvalue weighted by molar-refractivity contribution is -0.136. The summed E-state index contributed by atoms with van der Waals surface area (Å²) in [6, 6.07) is 4.88. The number of carbonyl (C=O) groups excluding carboxylic acids is 1. The number of benzene rings is 1. The van der Waals surface area contributed by atoms with E-state index in [1.807, 2.05) is 18.2 Å². The van der Waals surface area contributed by atoms with Gasteiger partial charge < -0.3 is 14.4 Å². The highest BCUT2D eigenvalue weighted by Gasteiger charge is 2.40. The zero-order valence-electron chi connectivity index (χ0n) is 16.5. The van der Waals surface area contributed by atoms with E-state index in [1.165, 1.54) is 0 Å². The first-order chi connectivity index (χ1) is 13.8. The molecule has 2 fully saturated rings. The van der Waals surface area contributed by atoms with Gasteiger partial charge in [-0.3, -0.25) is 4.79 Å². The predicted molar refractivity (Wildman–Crippen MR) is 110 cm³/mol. The number of nitrogens with zero attached hydrogens (tertiary/aromatic N) is 1. The van der Waals surface area contributed by atoms with Gasteiger partial charge in [-0.25, -0.2) is 13.1 Å². The standard InChI is InChI=1S/C20H27ClN2O5S/c1-29(25,26)22-16-9-10-23-17(16)11-27-14-7-5-13(6-8-14)20-15(21)3-2-4-18(20)28-12-19(23)24/h2-4,13-14,16-17,22H,5-12H2,1H3. The molecule has 3 aliphatic heterocycles. The van der Waals surface area contributed by atoms with Crippen molar-refractivity contribution in [3.63, 3.8) is 0 Å². The van der Waals surface area contributed by atoms with Crippen LogP contribution in [0.3, 0.4) is 0 Å². The molecule has 1 saturated carbocycles. The maximum atomic E-state index is 12.9. The van der Waals surface area contributed by atoms with Gasteiger partial charge in [-0.05, 0) is 50.2 Å². The monoisotopic (exact) mass is 442 g/mol. The molecule has 0 spiro atoms. The maximum absolute atomic E-state index is 12.9. The molecule has 0 aromatic heterocycles. The van der Waals surface area contributed by atoms with Gasteiger partial charge in [-0.15, -0.1) is 0 Å². The summed E-state index contributed by atoms with van der Waals surface area (Å²) < 4.78 is 38.3. The Balaban J connectivity index is 1.61. The molecule has 2 unspecified atom stereocenters. The first-order valence-electron chi connectivity index (χ1n) is 10.1. The van der Waals surface area contributed by atoms with Crippen LogP contribution in [-0.2, 0) is 19.6 Å². The van der Waals surface area contributed by atoms with Crippen molar-refractivity contribution >= 4 is 27.5 Å². The number of hydrogen-bond acceptors (Lipinski definition) is 5. The van der Waals surface area contributed by atoms with Gasteiger partial charge in [0.2, 0.25) is 10.0 Å². The molecule has 4 aliphatic rings. The molecule has 2 atom stereocenters. The number of carbonyl (C=O) groups is 1. The average Bonchev–Trinajstić information content (AvgIpc) is 3.05. The Labute approximate surface area is 176 Å². The van der Waals surface area contributed by atoms with Crippen LogP contribution < -0.4 is 9.46 Å². The van der Waals surface area contributed by atoms with E-state index in [2.05, 4.69) is 4.72 Å². The first kappa shape index (κ1) is 20.9. The van der Waals surface area contributed by atoms with Crippen LogP contribution in [0.25, 0.3) is 0 Å². The highest BCUT2D eigenvalue weighted by Crippen LogP contribution is 2.42. The zero-order chi connectivity index (χ0) is 20.6. The average molecular weight is 443 g/mol. The van der Waals surface area contributed by atoms with Crippen molar-refractivity contribution in [2.45, 2.75) is 56.2 Å². The molecule has 9 heteroatoms. The molecule has 1 N–H and O–H groups in total. The maximum Gasteiger partial charge on any atom is 0.260 e. The van der Waals surface area contributed by atoms with E-state index >= 15 is 0 Å². The third-order valence-electron chi connectivity index (χ3n) is 6.18. The summed E-state index contributed by atoms with van der Waals surface area (Å²) in [5.74, 6) is 0.777. The number of nitrogens with one attached hydrogen (secondary N) is 1. The topological polar surface area (TPSA) is 84.9 Å². The zero-order valence-corrected chi connectivity index (χ0v) is 18.0. The van der Waals surface area contributed by atoms with Gasteiger partial charge in [-0.1, -0.05) is 17.7 Å². The van der Waals surface area contributed by atoms with Gasteiger partial charge in [-0.2, -0.15) is 0 Å². The van der Waals surface area contributed by atoms with Crippen molar-refractivity contribution < 1.29 is 22.7 Å². The summed E-state index contributed by atoms with van der Waals surface area (Å²) in [7, 11) is -3.38. The van der Waals surface area contributed by atoms with E-state index in [1.54, 1.807) is 4.90 Å². The molecule has 29 heavy (non-hydrogen) atoms. The molecule has 1 aromatic carbocycles. The van der Waals surface area contributed by atoms with Gasteiger partial charge in [0.05, 0.1) is 25.0 Å². The summed E-state index contributed by atoms with van der Waals surface area (Å²) in [6.45, 7) is 0.687. The van der Waals surface area contributed by atoms with E-state index in [0.29, 0.717) is 30.3 Å². The lowest BCUT2D eigenvalue weighted by Crippen LogP contribution is -2.50. The van der Waals surface area contributed by atoms with Crippen molar-refractivity contribution in [2.75, 3.05) is 26.0 Å². The van der Waals surface area contributed by atoms with Crippen molar-refractivity contribution in [1.82, 2.24) is 9.62 Å². The minimum Gasteiger partial charge on any atom is -0.483 e. The highest BCUT2D eigenvalue weighted by atomic mass is 35.5. The number of hydrogen-bond donors (Lipinski definition) is 1. The van der Waals surface area contributed by atoms with E-state index in [-0.39, 0.29) is 36.6 Å². The second-order valence-corrected chi connectivity index (χ2v) is 10.4. The molecule has 7 nitrogen and oxygen atoms in total. The number of amides is 1. The van der Waals surface area contributed by atoms with E-state index in [9.17, 15) is 13.2 Å². The van der Waals surface area contributed by atoms with Crippen LogP contribution in [0.4, 0.5) is 0 Å². The van der Waals surface area contributed by atoms with Crippen LogP contribution in [0, 0.1) is 0 Å². The predicted octanol–water partition coefficient (Wildman–Crippen LogP) is 2.29. The lowest BCUT2D eigenvalue weighted by atomic mass is 9.82. The third kappa shape index (κ3) is 4.71. The highest BCUT2D eigenvalue weighted by molar-refractivity contribution is 7.88. The van der Waals surface area contributed by atoms with E-state index in [0.717, 1.165) is 37.5 Å². The van der Waals surface area contributed by atoms with Gasteiger partial charge in [0, 0.05) is 23.2 Å². The summed E-state index contributed by atoms with van der Waals surface area (Å²) in [4.78, 5) is 14.6. The Morgan fingerprint density at radius 2 is 1.93 bits per heavy atom. The Morgan fingerprint density at radius 1 is 1.17 bits per heavy atom. The second-order valence-electron chi connectivity index (χ2n) is 8.19. The van der Waals surface area contributed by atoms with Crippen LogP contribution >= 0.6 is 11.6 Å². The van der Waals surface area contributed by atoms with Crippen molar-refractivity contribution in [1.29, 1.82) is 0 Å². The fourth-order valence-electron chi connectivity index (χ4n) is 4.80. The van der Waals surface area contributed by atoms with E-state index < -0.39 is 10.0 Å². The molecule has 1 aliphatic carbocycles. The molecule has 1 saturated heterocycles. The summed E-state index contributed by atoms with van der Waals surface area (Å²) in [6.07, 6.45) is 5.50. The first-order valence-corrected chi connectivity index (χ1v) is 12.4. The molecule has 1 aromatic rings. The Morgan fingerprint density at radius 3 is 2.66 bits per heavy atom. The molecular weight excluding hydrogens is 416 g/mol. The third-order valence-corrected chi connectivity index (χ3v) is 7.24. The van der Waals surface area contributed by atoms with Gasteiger partial charge in [0.15, 0.2) is 6.61 Å². The summed E-state index contributed by atoms with van der Waals surface area (Å²) >= 11 is 6.49. The Bertz CT molecular complexity index is 870. The van der Waals surface area contributed by atoms with Crippen LogP contribution in [0.2, 0.25) is 5.02 Å².